The molecule has 0 aliphatic carbocycles. The molecule has 2 rings (SSSR count). The normalized spacial score (nSPS) is 10.8. The summed E-state index contributed by atoms with van der Waals surface area (Å²) in [4.78, 5) is 12.2. The summed E-state index contributed by atoms with van der Waals surface area (Å²) in [6, 6.07) is 17.9. The Morgan fingerprint density at radius 3 is 1.86 bits per heavy atom. The Morgan fingerprint density at radius 2 is 1.23 bits per heavy atom. The topological polar surface area (TPSA) is 50.4 Å². The number of unbranched alkanes of at least 4 members (excludes halogenated alkanes) is 13. The summed E-state index contributed by atoms with van der Waals surface area (Å²) < 4.78 is 5.95. The standard InChI is InChI=1S/C31H48N2O2/c1-2-3-4-5-6-7-8-9-10-11-12-13-14-20-25-32-31(34)26-33-29-23-18-19-24-30(29)35-27-28-21-16-15-17-22-28/h15-19,21-24,33H,2-14,20,25-27H2,1H3,(H,32,34). The van der Waals surface area contributed by atoms with Gasteiger partial charge in [0, 0.05) is 6.54 Å². The first-order valence-corrected chi connectivity index (χ1v) is 14.1. The summed E-state index contributed by atoms with van der Waals surface area (Å²) in [5, 5.41) is 6.25. The Balaban J connectivity index is 1.44. The van der Waals surface area contributed by atoms with Gasteiger partial charge in [0.15, 0.2) is 0 Å². The minimum Gasteiger partial charge on any atom is -0.487 e. The summed E-state index contributed by atoms with van der Waals surface area (Å²) in [5.41, 5.74) is 1.96. The van der Waals surface area contributed by atoms with Gasteiger partial charge >= 0.3 is 0 Å². The number of carbonyl (C=O) groups excluding carboxylic acids is 1. The highest BCUT2D eigenvalue weighted by Crippen LogP contribution is 2.24. The lowest BCUT2D eigenvalue weighted by Gasteiger charge is -2.13. The van der Waals surface area contributed by atoms with Gasteiger partial charge in [0.2, 0.25) is 5.91 Å². The largest absolute Gasteiger partial charge is 0.487 e. The van der Waals surface area contributed by atoms with Crippen LogP contribution in [-0.2, 0) is 11.4 Å². The van der Waals surface area contributed by atoms with Crippen LogP contribution in [0.1, 0.15) is 102 Å². The van der Waals surface area contributed by atoms with E-state index in [-0.39, 0.29) is 12.5 Å². The number of rotatable bonds is 21. The molecule has 0 bridgehead atoms. The molecular formula is C31H48N2O2. The van der Waals surface area contributed by atoms with E-state index in [2.05, 4.69) is 17.6 Å². The summed E-state index contributed by atoms with van der Waals surface area (Å²) >= 11 is 0. The van der Waals surface area contributed by atoms with Crippen molar-refractivity contribution in [3.63, 3.8) is 0 Å². The lowest BCUT2D eigenvalue weighted by Crippen LogP contribution is -2.30. The van der Waals surface area contributed by atoms with E-state index < -0.39 is 0 Å². The second kappa shape index (κ2) is 19.8. The molecule has 35 heavy (non-hydrogen) atoms. The predicted molar refractivity (Wildman–Crippen MR) is 149 cm³/mol. The Kier molecular flexibility index (Phi) is 16.2. The highest BCUT2D eigenvalue weighted by Gasteiger charge is 2.06. The van der Waals surface area contributed by atoms with Crippen LogP contribution in [0.4, 0.5) is 5.69 Å². The van der Waals surface area contributed by atoms with Gasteiger partial charge in [0.05, 0.1) is 12.2 Å². The van der Waals surface area contributed by atoms with Crippen molar-refractivity contribution in [3.05, 3.63) is 60.2 Å². The van der Waals surface area contributed by atoms with Crippen LogP contribution in [0.3, 0.4) is 0 Å². The van der Waals surface area contributed by atoms with E-state index in [0.717, 1.165) is 30.0 Å². The van der Waals surface area contributed by atoms with E-state index in [9.17, 15) is 4.79 Å². The van der Waals surface area contributed by atoms with E-state index >= 15 is 0 Å². The van der Waals surface area contributed by atoms with Crippen LogP contribution < -0.4 is 15.4 Å². The maximum Gasteiger partial charge on any atom is 0.239 e. The van der Waals surface area contributed by atoms with Crippen molar-refractivity contribution in [2.24, 2.45) is 0 Å². The van der Waals surface area contributed by atoms with Gasteiger partial charge in [-0.2, -0.15) is 0 Å². The molecule has 0 fully saturated rings. The molecular weight excluding hydrogens is 432 g/mol. The number of carbonyl (C=O) groups is 1. The van der Waals surface area contributed by atoms with Gasteiger partial charge in [-0.1, -0.05) is 133 Å². The lowest BCUT2D eigenvalue weighted by atomic mass is 10.0. The van der Waals surface area contributed by atoms with Gasteiger partial charge in [-0.05, 0) is 24.1 Å². The van der Waals surface area contributed by atoms with Crippen LogP contribution in [0.2, 0.25) is 0 Å². The van der Waals surface area contributed by atoms with E-state index in [0.29, 0.717) is 6.61 Å². The van der Waals surface area contributed by atoms with Crippen molar-refractivity contribution < 1.29 is 9.53 Å². The molecule has 0 aliphatic heterocycles. The van der Waals surface area contributed by atoms with Crippen LogP contribution in [-0.4, -0.2) is 19.0 Å². The average Bonchev–Trinajstić information content (AvgIpc) is 2.89. The van der Waals surface area contributed by atoms with Gasteiger partial charge in [-0.3, -0.25) is 4.79 Å². The zero-order valence-corrected chi connectivity index (χ0v) is 22.0. The molecule has 0 saturated heterocycles. The average molecular weight is 481 g/mol. The summed E-state index contributed by atoms with van der Waals surface area (Å²) in [7, 11) is 0. The molecule has 2 aromatic rings. The highest BCUT2D eigenvalue weighted by molar-refractivity contribution is 5.81. The maximum atomic E-state index is 12.2. The number of hydrogen-bond donors (Lipinski definition) is 2. The molecule has 1 amide bonds. The molecule has 2 N–H and O–H groups in total. The van der Waals surface area contributed by atoms with Gasteiger partial charge in [0.1, 0.15) is 12.4 Å². The first kappa shape index (κ1) is 28.7. The van der Waals surface area contributed by atoms with Crippen molar-refractivity contribution in [1.82, 2.24) is 5.32 Å². The van der Waals surface area contributed by atoms with Crippen molar-refractivity contribution in [1.29, 1.82) is 0 Å². The number of benzene rings is 2. The smallest absolute Gasteiger partial charge is 0.239 e. The zero-order chi connectivity index (χ0) is 24.8. The molecule has 4 heteroatoms. The SMILES string of the molecule is CCCCCCCCCCCCCCCCNC(=O)CNc1ccccc1OCc1ccccc1. The molecule has 4 nitrogen and oxygen atoms in total. The molecule has 0 spiro atoms. The molecule has 0 aromatic heterocycles. The minimum atomic E-state index is 0.0255. The number of para-hydroxylation sites is 2. The lowest BCUT2D eigenvalue weighted by molar-refractivity contribution is -0.119. The summed E-state index contributed by atoms with van der Waals surface area (Å²) in [6.45, 7) is 3.79. The third kappa shape index (κ3) is 14.5. The van der Waals surface area contributed by atoms with Crippen LogP contribution in [0.15, 0.2) is 54.6 Å². The third-order valence-corrected chi connectivity index (χ3v) is 6.42. The van der Waals surface area contributed by atoms with Crippen molar-refractivity contribution in [3.8, 4) is 5.75 Å². The summed E-state index contributed by atoms with van der Waals surface area (Å²) in [6.07, 6.45) is 18.8. The Hall–Kier alpha value is -2.49. The van der Waals surface area contributed by atoms with E-state index in [4.69, 9.17) is 4.74 Å². The van der Waals surface area contributed by atoms with E-state index in [1.54, 1.807) is 0 Å². The predicted octanol–water partition coefficient (Wildman–Crippen LogP) is 8.28. The molecule has 0 unspecified atom stereocenters. The number of ether oxygens (including phenoxy) is 1. The van der Waals surface area contributed by atoms with Crippen molar-refractivity contribution in [2.45, 2.75) is 103 Å². The second-order valence-corrected chi connectivity index (χ2v) is 9.57. The van der Waals surface area contributed by atoms with E-state index in [1.807, 2.05) is 54.6 Å². The van der Waals surface area contributed by atoms with Gasteiger partial charge in [-0.25, -0.2) is 0 Å². The van der Waals surface area contributed by atoms with Crippen LogP contribution in [0.5, 0.6) is 5.75 Å². The zero-order valence-electron chi connectivity index (χ0n) is 22.0. The second-order valence-electron chi connectivity index (χ2n) is 9.57. The molecule has 194 valence electrons. The highest BCUT2D eigenvalue weighted by atomic mass is 16.5. The molecule has 0 heterocycles. The minimum absolute atomic E-state index is 0.0255. The van der Waals surface area contributed by atoms with Crippen LogP contribution in [0.25, 0.3) is 0 Å². The van der Waals surface area contributed by atoms with Crippen LogP contribution in [0, 0.1) is 0 Å². The van der Waals surface area contributed by atoms with E-state index in [1.165, 1.54) is 83.5 Å². The van der Waals surface area contributed by atoms with Crippen LogP contribution >= 0.6 is 0 Å². The van der Waals surface area contributed by atoms with Gasteiger partial charge in [0.25, 0.3) is 0 Å². The third-order valence-electron chi connectivity index (χ3n) is 6.42. The quantitative estimate of drug-likeness (QED) is 0.177. The Morgan fingerprint density at radius 1 is 0.686 bits per heavy atom. The fourth-order valence-electron chi connectivity index (χ4n) is 4.26. The Bertz CT molecular complexity index is 779. The van der Waals surface area contributed by atoms with Gasteiger partial charge in [-0.15, -0.1) is 0 Å². The molecule has 0 atom stereocenters. The number of hydrogen-bond acceptors (Lipinski definition) is 3. The maximum absolute atomic E-state index is 12.2. The molecule has 0 saturated carbocycles. The monoisotopic (exact) mass is 480 g/mol. The summed E-state index contributed by atoms with van der Waals surface area (Å²) in [5.74, 6) is 0.786. The van der Waals surface area contributed by atoms with Gasteiger partial charge < -0.3 is 15.4 Å². The van der Waals surface area contributed by atoms with Crippen molar-refractivity contribution >= 4 is 11.6 Å². The van der Waals surface area contributed by atoms with Crippen molar-refractivity contribution in [2.75, 3.05) is 18.4 Å². The number of amides is 1. The number of nitrogens with one attached hydrogen (secondary N) is 2. The molecule has 0 radical (unpaired) electrons. The number of anilines is 1. The molecule has 2 aromatic carbocycles. The fraction of sp³-hybridized carbons (Fsp3) is 0.581. The first-order chi connectivity index (χ1) is 17.3. The first-order valence-electron chi connectivity index (χ1n) is 14.1. The Labute approximate surface area is 214 Å². The molecule has 0 aliphatic rings. The fourth-order valence-corrected chi connectivity index (χ4v) is 4.26.